The van der Waals surface area contributed by atoms with E-state index >= 15 is 0 Å². The smallest absolute Gasteiger partial charge is 0.381 e. The molecule has 1 fully saturated rings. The Balaban J connectivity index is 2.20. The molecule has 0 saturated heterocycles. The van der Waals surface area contributed by atoms with Crippen molar-refractivity contribution in [2.45, 2.75) is 38.4 Å². The SMILES string of the molecule is CCC(Nc1cc(C(F)(F)F)ccc1Cl)C1CC1. The van der Waals surface area contributed by atoms with Crippen LogP contribution in [0.2, 0.25) is 5.02 Å². The van der Waals surface area contributed by atoms with E-state index in [0.717, 1.165) is 31.4 Å². The first-order chi connectivity index (χ1) is 8.41. The Hall–Kier alpha value is -0.900. The summed E-state index contributed by atoms with van der Waals surface area (Å²) in [4.78, 5) is 0. The van der Waals surface area contributed by atoms with E-state index in [1.165, 1.54) is 6.07 Å². The highest BCUT2D eigenvalue weighted by molar-refractivity contribution is 6.33. The zero-order valence-corrected chi connectivity index (χ0v) is 10.8. The first kappa shape index (κ1) is 13.5. The molecular weight excluding hydrogens is 263 g/mol. The maximum Gasteiger partial charge on any atom is 0.416 e. The summed E-state index contributed by atoms with van der Waals surface area (Å²) in [6.45, 7) is 2.03. The summed E-state index contributed by atoms with van der Waals surface area (Å²) in [7, 11) is 0. The average Bonchev–Trinajstić information content (AvgIpc) is 3.10. The molecule has 2 rings (SSSR count). The van der Waals surface area contributed by atoms with E-state index in [2.05, 4.69) is 5.32 Å². The average molecular weight is 278 g/mol. The molecule has 0 heterocycles. The minimum absolute atomic E-state index is 0.214. The number of hydrogen-bond acceptors (Lipinski definition) is 1. The fourth-order valence-electron chi connectivity index (χ4n) is 2.06. The lowest BCUT2D eigenvalue weighted by Crippen LogP contribution is -2.21. The number of rotatable bonds is 4. The molecule has 1 nitrogen and oxygen atoms in total. The zero-order chi connectivity index (χ0) is 13.3. The molecule has 1 aliphatic rings. The second kappa shape index (κ2) is 5.00. The third-order valence-corrected chi connectivity index (χ3v) is 3.60. The molecule has 1 N–H and O–H groups in total. The third kappa shape index (κ3) is 3.10. The maximum absolute atomic E-state index is 12.6. The van der Waals surface area contributed by atoms with Crippen molar-refractivity contribution in [1.82, 2.24) is 0 Å². The molecule has 0 aromatic heterocycles. The van der Waals surface area contributed by atoms with Crippen LogP contribution in [0.5, 0.6) is 0 Å². The fourth-order valence-corrected chi connectivity index (χ4v) is 2.24. The minimum Gasteiger partial charge on any atom is -0.381 e. The molecule has 0 spiro atoms. The predicted molar refractivity (Wildman–Crippen MR) is 66.9 cm³/mol. The molecule has 18 heavy (non-hydrogen) atoms. The zero-order valence-electron chi connectivity index (χ0n) is 10.0. The van der Waals surface area contributed by atoms with Gasteiger partial charge in [0, 0.05) is 6.04 Å². The van der Waals surface area contributed by atoms with Gasteiger partial charge in [-0.25, -0.2) is 0 Å². The molecule has 0 amide bonds. The second-order valence-electron chi connectivity index (χ2n) is 4.69. The number of benzene rings is 1. The van der Waals surface area contributed by atoms with Crippen molar-refractivity contribution < 1.29 is 13.2 Å². The van der Waals surface area contributed by atoms with Crippen molar-refractivity contribution in [3.05, 3.63) is 28.8 Å². The topological polar surface area (TPSA) is 12.0 Å². The van der Waals surface area contributed by atoms with Crippen LogP contribution in [0, 0.1) is 5.92 Å². The lowest BCUT2D eigenvalue weighted by molar-refractivity contribution is -0.137. The van der Waals surface area contributed by atoms with Gasteiger partial charge in [0.25, 0.3) is 0 Å². The molecular formula is C13H15ClF3N. The summed E-state index contributed by atoms with van der Waals surface area (Å²) in [6.07, 6.45) is -1.16. The van der Waals surface area contributed by atoms with Gasteiger partial charge in [-0.3, -0.25) is 0 Å². The molecule has 1 saturated carbocycles. The van der Waals surface area contributed by atoms with Gasteiger partial charge in [-0.05, 0) is 43.4 Å². The van der Waals surface area contributed by atoms with Gasteiger partial charge >= 0.3 is 6.18 Å². The molecule has 0 aliphatic heterocycles. The number of halogens is 4. The predicted octanol–water partition coefficient (Wildman–Crippen LogP) is 4.96. The van der Waals surface area contributed by atoms with E-state index in [-0.39, 0.29) is 6.04 Å². The number of hydrogen-bond donors (Lipinski definition) is 1. The van der Waals surface area contributed by atoms with E-state index in [4.69, 9.17) is 11.6 Å². The lowest BCUT2D eigenvalue weighted by atomic mass is 10.1. The Morgan fingerprint density at radius 2 is 2.06 bits per heavy atom. The van der Waals surface area contributed by atoms with Crippen LogP contribution >= 0.6 is 11.6 Å². The molecule has 1 aliphatic carbocycles. The van der Waals surface area contributed by atoms with Gasteiger partial charge in [0.05, 0.1) is 16.3 Å². The van der Waals surface area contributed by atoms with Crippen LogP contribution in [0.4, 0.5) is 18.9 Å². The van der Waals surface area contributed by atoms with Crippen molar-refractivity contribution in [2.24, 2.45) is 5.92 Å². The maximum atomic E-state index is 12.6. The lowest BCUT2D eigenvalue weighted by Gasteiger charge is -2.19. The quantitative estimate of drug-likeness (QED) is 0.820. The molecule has 1 aromatic carbocycles. The van der Waals surface area contributed by atoms with Gasteiger partial charge < -0.3 is 5.32 Å². The van der Waals surface area contributed by atoms with Crippen molar-refractivity contribution in [2.75, 3.05) is 5.32 Å². The van der Waals surface area contributed by atoms with Crippen molar-refractivity contribution in [3.63, 3.8) is 0 Å². The van der Waals surface area contributed by atoms with Crippen LogP contribution in [0.15, 0.2) is 18.2 Å². The Morgan fingerprint density at radius 1 is 1.39 bits per heavy atom. The largest absolute Gasteiger partial charge is 0.416 e. The van der Waals surface area contributed by atoms with E-state index in [1.54, 1.807) is 0 Å². The summed E-state index contributed by atoms with van der Waals surface area (Å²) >= 11 is 5.94. The molecule has 1 atom stereocenters. The summed E-state index contributed by atoms with van der Waals surface area (Å²) in [5.74, 6) is 0.570. The second-order valence-corrected chi connectivity index (χ2v) is 5.10. The van der Waals surface area contributed by atoms with Crippen molar-refractivity contribution in [1.29, 1.82) is 0 Å². The van der Waals surface area contributed by atoms with Gasteiger partial charge in [0.1, 0.15) is 0 Å². The number of alkyl halides is 3. The van der Waals surface area contributed by atoms with E-state index in [1.807, 2.05) is 6.92 Å². The molecule has 1 aromatic rings. The van der Waals surface area contributed by atoms with Crippen LogP contribution in [0.3, 0.4) is 0 Å². The molecule has 0 radical (unpaired) electrons. The molecule has 5 heteroatoms. The Bertz CT molecular complexity index is 427. The van der Waals surface area contributed by atoms with E-state index in [9.17, 15) is 13.2 Å². The van der Waals surface area contributed by atoms with Gasteiger partial charge in [-0.15, -0.1) is 0 Å². The molecule has 100 valence electrons. The highest BCUT2D eigenvalue weighted by atomic mass is 35.5. The first-order valence-electron chi connectivity index (χ1n) is 6.05. The normalized spacial score (nSPS) is 17.6. The van der Waals surface area contributed by atoms with E-state index < -0.39 is 11.7 Å². The van der Waals surface area contributed by atoms with Crippen LogP contribution in [0.25, 0.3) is 0 Å². The van der Waals surface area contributed by atoms with Gasteiger partial charge in [0.15, 0.2) is 0 Å². The highest BCUT2D eigenvalue weighted by Gasteiger charge is 2.33. The van der Waals surface area contributed by atoms with Crippen LogP contribution in [-0.2, 0) is 6.18 Å². The van der Waals surface area contributed by atoms with Crippen LogP contribution < -0.4 is 5.32 Å². The first-order valence-corrected chi connectivity index (χ1v) is 6.43. The highest BCUT2D eigenvalue weighted by Crippen LogP contribution is 2.38. The Morgan fingerprint density at radius 3 is 2.56 bits per heavy atom. The Kier molecular flexibility index (Phi) is 3.76. The van der Waals surface area contributed by atoms with Crippen LogP contribution in [-0.4, -0.2) is 6.04 Å². The van der Waals surface area contributed by atoms with Crippen molar-refractivity contribution in [3.8, 4) is 0 Å². The number of nitrogens with one attached hydrogen (secondary N) is 1. The third-order valence-electron chi connectivity index (χ3n) is 3.27. The van der Waals surface area contributed by atoms with Gasteiger partial charge in [0.2, 0.25) is 0 Å². The summed E-state index contributed by atoms with van der Waals surface area (Å²) in [6, 6.07) is 3.61. The van der Waals surface area contributed by atoms with Crippen LogP contribution in [0.1, 0.15) is 31.7 Å². The minimum atomic E-state index is -4.33. The monoisotopic (exact) mass is 277 g/mol. The number of anilines is 1. The Labute approximate surface area is 109 Å². The van der Waals surface area contributed by atoms with Crippen molar-refractivity contribution >= 4 is 17.3 Å². The summed E-state index contributed by atoms with van der Waals surface area (Å²) < 4.78 is 37.9. The van der Waals surface area contributed by atoms with Gasteiger partial charge in [-0.2, -0.15) is 13.2 Å². The van der Waals surface area contributed by atoms with E-state index in [0.29, 0.717) is 16.6 Å². The van der Waals surface area contributed by atoms with Gasteiger partial charge in [-0.1, -0.05) is 18.5 Å². The summed E-state index contributed by atoms with van der Waals surface area (Å²) in [5.41, 5.74) is -0.287. The molecule has 0 bridgehead atoms. The fraction of sp³-hybridized carbons (Fsp3) is 0.538. The standard InChI is InChI=1S/C13H15ClF3N/c1-2-11(8-3-4-8)18-12-7-9(13(15,16)17)5-6-10(12)14/h5-8,11,18H,2-4H2,1H3. The summed E-state index contributed by atoms with van der Waals surface area (Å²) in [5, 5.41) is 3.47. The molecule has 1 unspecified atom stereocenters.